The number of Topliss-reactive ketones (excluding diaryl/α,β-unsaturated/α-hetero) is 1. The monoisotopic (exact) mass is 373 g/mol. The molecule has 0 bridgehead atoms. The maximum atomic E-state index is 13.5. The number of esters is 1. The number of halogens is 1. The predicted molar refractivity (Wildman–Crippen MR) is 95.9 cm³/mol. The van der Waals surface area contributed by atoms with E-state index in [-0.39, 0.29) is 18.7 Å². The summed E-state index contributed by atoms with van der Waals surface area (Å²) in [7, 11) is 1.45. The smallest absolute Gasteiger partial charge is 0.310 e. The second kappa shape index (κ2) is 9.47. The van der Waals surface area contributed by atoms with E-state index in [0.717, 1.165) is 0 Å². The van der Waals surface area contributed by atoms with Crippen molar-refractivity contribution in [1.29, 1.82) is 0 Å². The normalized spacial score (nSPS) is 10.2. The molecule has 1 N–H and O–H groups in total. The van der Waals surface area contributed by atoms with Gasteiger partial charge in [0, 0.05) is 23.2 Å². The van der Waals surface area contributed by atoms with Crippen LogP contribution in [-0.4, -0.2) is 31.4 Å². The van der Waals surface area contributed by atoms with Crippen molar-refractivity contribution in [3.63, 3.8) is 0 Å². The molecule has 0 aliphatic heterocycles. The summed E-state index contributed by atoms with van der Waals surface area (Å²) in [6, 6.07) is 10.8. The number of carbonyl (C=O) groups is 3. The third-order valence-electron chi connectivity index (χ3n) is 3.82. The molecule has 0 saturated heterocycles. The highest BCUT2D eigenvalue weighted by molar-refractivity contribution is 5.94. The van der Waals surface area contributed by atoms with E-state index in [1.165, 1.54) is 20.1 Å². The zero-order valence-electron chi connectivity index (χ0n) is 15.1. The topological polar surface area (TPSA) is 81.7 Å². The molecule has 27 heavy (non-hydrogen) atoms. The molecular formula is C20H20FNO5. The fourth-order valence-corrected chi connectivity index (χ4v) is 2.37. The molecular weight excluding hydrogens is 353 g/mol. The zero-order valence-corrected chi connectivity index (χ0v) is 15.1. The lowest BCUT2D eigenvalue weighted by atomic mass is 10.0. The van der Waals surface area contributed by atoms with E-state index in [0.29, 0.717) is 22.4 Å². The van der Waals surface area contributed by atoms with Crippen LogP contribution in [0.5, 0.6) is 5.75 Å². The van der Waals surface area contributed by atoms with E-state index in [9.17, 15) is 18.8 Å². The minimum absolute atomic E-state index is 0.00244. The zero-order chi connectivity index (χ0) is 19.8. The van der Waals surface area contributed by atoms with E-state index in [1.807, 2.05) is 0 Å². The predicted octanol–water partition coefficient (Wildman–Crippen LogP) is 2.44. The summed E-state index contributed by atoms with van der Waals surface area (Å²) in [5.41, 5.74) is 1.27. The summed E-state index contributed by atoms with van der Waals surface area (Å²) in [6.45, 7) is 0.934. The summed E-state index contributed by atoms with van der Waals surface area (Å²) in [6.07, 6.45) is -0.148. The van der Waals surface area contributed by atoms with Crippen molar-refractivity contribution in [2.24, 2.45) is 0 Å². The summed E-state index contributed by atoms with van der Waals surface area (Å²) >= 11 is 0. The fraction of sp³-hybridized carbons (Fsp3) is 0.250. The Kier molecular flexibility index (Phi) is 7.05. The van der Waals surface area contributed by atoms with Gasteiger partial charge in [0.1, 0.15) is 11.6 Å². The van der Waals surface area contributed by atoms with Crippen molar-refractivity contribution in [3.05, 3.63) is 65.0 Å². The van der Waals surface area contributed by atoms with Gasteiger partial charge in [0.2, 0.25) is 0 Å². The molecule has 2 aromatic rings. The Bertz CT molecular complexity index is 850. The van der Waals surface area contributed by atoms with Crippen molar-refractivity contribution in [2.45, 2.75) is 19.9 Å². The van der Waals surface area contributed by atoms with Gasteiger partial charge in [-0.25, -0.2) is 4.39 Å². The van der Waals surface area contributed by atoms with Crippen LogP contribution in [0.4, 0.5) is 4.39 Å². The first-order valence-corrected chi connectivity index (χ1v) is 8.24. The Hall–Kier alpha value is -3.22. The number of hydrogen-bond acceptors (Lipinski definition) is 5. The first kappa shape index (κ1) is 20.1. The average molecular weight is 373 g/mol. The molecule has 6 nitrogen and oxygen atoms in total. The number of ketones is 1. The third kappa shape index (κ3) is 5.91. The molecule has 0 radical (unpaired) electrons. The van der Waals surface area contributed by atoms with Gasteiger partial charge in [0.05, 0.1) is 13.5 Å². The Labute approximate surface area is 156 Å². The lowest BCUT2D eigenvalue weighted by Crippen LogP contribution is -2.29. The first-order chi connectivity index (χ1) is 12.9. The third-order valence-corrected chi connectivity index (χ3v) is 3.82. The van der Waals surface area contributed by atoms with Gasteiger partial charge >= 0.3 is 5.97 Å². The average Bonchev–Trinajstić information content (AvgIpc) is 2.65. The minimum Gasteiger partial charge on any atom is -0.496 e. The molecule has 0 saturated carbocycles. The van der Waals surface area contributed by atoms with Gasteiger partial charge in [0.25, 0.3) is 5.91 Å². The fourth-order valence-electron chi connectivity index (χ4n) is 2.37. The highest BCUT2D eigenvalue weighted by Crippen LogP contribution is 2.21. The van der Waals surface area contributed by atoms with Crippen LogP contribution in [0.2, 0.25) is 0 Å². The summed E-state index contributed by atoms with van der Waals surface area (Å²) in [4.78, 5) is 35.2. The standard InChI is InChI=1S/C20H20FNO5/c1-13(23)14-7-8-18(26-2)16(9-14)10-20(25)27-12-19(24)22-11-15-5-3-4-6-17(15)21/h3-9H,10-12H2,1-2H3,(H,22,24). The van der Waals surface area contributed by atoms with Gasteiger partial charge in [-0.1, -0.05) is 18.2 Å². The second-order valence-electron chi connectivity index (χ2n) is 5.79. The van der Waals surface area contributed by atoms with E-state index >= 15 is 0 Å². The Morgan fingerprint density at radius 3 is 2.48 bits per heavy atom. The quantitative estimate of drug-likeness (QED) is 0.568. The van der Waals surface area contributed by atoms with Crippen LogP contribution in [0, 0.1) is 5.82 Å². The van der Waals surface area contributed by atoms with Crippen LogP contribution in [0.1, 0.15) is 28.4 Å². The number of benzene rings is 2. The number of methoxy groups -OCH3 is 1. The minimum atomic E-state index is -0.643. The number of rotatable bonds is 8. The largest absolute Gasteiger partial charge is 0.496 e. The maximum Gasteiger partial charge on any atom is 0.310 e. The highest BCUT2D eigenvalue weighted by Gasteiger charge is 2.14. The summed E-state index contributed by atoms with van der Waals surface area (Å²) in [5.74, 6) is -1.31. The van der Waals surface area contributed by atoms with Crippen LogP contribution in [0.25, 0.3) is 0 Å². The maximum absolute atomic E-state index is 13.5. The van der Waals surface area contributed by atoms with Gasteiger partial charge in [0.15, 0.2) is 12.4 Å². The van der Waals surface area contributed by atoms with Gasteiger partial charge in [-0.3, -0.25) is 14.4 Å². The van der Waals surface area contributed by atoms with Gasteiger partial charge in [-0.05, 0) is 31.2 Å². The Balaban J connectivity index is 1.87. The van der Waals surface area contributed by atoms with Crippen molar-refractivity contribution >= 4 is 17.7 Å². The molecule has 7 heteroatoms. The number of nitrogens with one attached hydrogen (secondary N) is 1. The van der Waals surface area contributed by atoms with Crippen LogP contribution in [0.3, 0.4) is 0 Å². The first-order valence-electron chi connectivity index (χ1n) is 8.24. The molecule has 142 valence electrons. The Morgan fingerprint density at radius 1 is 1.07 bits per heavy atom. The highest BCUT2D eigenvalue weighted by atomic mass is 19.1. The van der Waals surface area contributed by atoms with Crippen molar-refractivity contribution in [3.8, 4) is 5.75 Å². The van der Waals surface area contributed by atoms with E-state index < -0.39 is 24.3 Å². The molecule has 0 aliphatic rings. The molecule has 0 aliphatic carbocycles. The van der Waals surface area contributed by atoms with E-state index in [4.69, 9.17) is 9.47 Å². The van der Waals surface area contributed by atoms with E-state index in [2.05, 4.69) is 5.32 Å². The van der Waals surface area contributed by atoms with Gasteiger partial charge < -0.3 is 14.8 Å². The molecule has 0 unspecified atom stereocenters. The molecule has 0 heterocycles. The SMILES string of the molecule is COc1ccc(C(C)=O)cc1CC(=O)OCC(=O)NCc1ccccc1F. The molecule has 0 fully saturated rings. The number of carbonyl (C=O) groups excluding carboxylic acids is 3. The summed E-state index contributed by atoms with van der Waals surface area (Å²) in [5, 5.41) is 2.48. The number of hydrogen-bond donors (Lipinski definition) is 1. The van der Waals surface area contributed by atoms with Crippen LogP contribution in [0.15, 0.2) is 42.5 Å². The van der Waals surface area contributed by atoms with Crippen LogP contribution in [-0.2, 0) is 27.3 Å². The lowest BCUT2D eigenvalue weighted by molar-refractivity contribution is -0.147. The molecule has 0 aromatic heterocycles. The van der Waals surface area contributed by atoms with Crippen LogP contribution >= 0.6 is 0 Å². The lowest BCUT2D eigenvalue weighted by Gasteiger charge is -2.10. The second-order valence-corrected chi connectivity index (χ2v) is 5.79. The van der Waals surface area contributed by atoms with Crippen LogP contribution < -0.4 is 10.1 Å². The van der Waals surface area contributed by atoms with Crippen molar-refractivity contribution < 1.29 is 28.2 Å². The van der Waals surface area contributed by atoms with Gasteiger partial charge in [-0.2, -0.15) is 0 Å². The Morgan fingerprint density at radius 2 is 1.81 bits per heavy atom. The molecule has 2 aromatic carbocycles. The molecule has 0 spiro atoms. The number of ether oxygens (including phenoxy) is 2. The van der Waals surface area contributed by atoms with E-state index in [1.54, 1.807) is 36.4 Å². The summed E-state index contributed by atoms with van der Waals surface area (Å²) < 4.78 is 23.6. The van der Waals surface area contributed by atoms with Gasteiger partial charge in [-0.15, -0.1) is 0 Å². The molecule has 2 rings (SSSR count). The molecule has 1 amide bonds. The number of amides is 1. The van der Waals surface area contributed by atoms with Crippen molar-refractivity contribution in [2.75, 3.05) is 13.7 Å². The van der Waals surface area contributed by atoms with Crippen molar-refractivity contribution in [1.82, 2.24) is 5.32 Å². The molecule has 0 atom stereocenters.